The molecular weight excluding hydrogens is 139 g/mol. The zero-order valence-electron chi connectivity index (χ0n) is 7.30. The van der Waals surface area contributed by atoms with Crippen molar-refractivity contribution in [1.29, 1.82) is 0 Å². The van der Waals surface area contributed by atoms with Gasteiger partial charge in [0.05, 0.1) is 6.60 Å². The van der Waals surface area contributed by atoms with Gasteiger partial charge in [-0.05, 0) is 5.92 Å². The van der Waals surface area contributed by atoms with E-state index in [9.17, 15) is 0 Å². The zero-order chi connectivity index (χ0) is 8.15. The molecule has 66 valence electrons. The fourth-order valence-corrected chi connectivity index (χ4v) is 0.789. The molecule has 0 unspecified atom stereocenters. The van der Waals surface area contributed by atoms with Crippen LogP contribution in [-0.2, 0) is 0 Å². The summed E-state index contributed by atoms with van der Waals surface area (Å²) in [7, 11) is 11.0. The molecule has 0 bridgehead atoms. The standard InChI is InChI=1S/C6H14B4.2CH4/c1-6(2)4-5-9(3)10(7)8;;/h6H,4-5H2,1-3H3;2*1H4. The van der Waals surface area contributed by atoms with Crippen molar-refractivity contribution >= 4 is 28.5 Å². The van der Waals surface area contributed by atoms with E-state index in [1.165, 1.54) is 6.42 Å². The van der Waals surface area contributed by atoms with E-state index in [1.54, 1.807) is 0 Å². The minimum absolute atomic E-state index is 0. The van der Waals surface area contributed by atoms with Crippen molar-refractivity contribution in [3.8, 4) is 0 Å². The first-order valence-electron chi connectivity index (χ1n) is 4.05. The van der Waals surface area contributed by atoms with Crippen molar-refractivity contribution in [3.63, 3.8) is 0 Å². The molecule has 0 heterocycles. The Balaban J connectivity index is -0.000000405. The SMILES string of the molecule is C.C.[B]B([B])B(C)CCC(C)C. The van der Waals surface area contributed by atoms with Crippen molar-refractivity contribution < 1.29 is 0 Å². The van der Waals surface area contributed by atoms with Crippen molar-refractivity contribution in [1.82, 2.24) is 0 Å². The molecule has 0 nitrogen and oxygen atoms in total. The predicted octanol–water partition coefficient (Wildman–Crippen LogP) is 2.33. The van der Waals surface area contributed by atoms with E-state index in [1.807, 2.05) is 0 Å². The Morgan fingerprint density at radius 3 is 1.83 bits per heavy atom. The summed E-state index contributed by atoms with van der Waals surface area (Å²) in [6, 6.07) is 0. The van der Waals surface area contributed by atoms with Crippen LogP contribution in [0, 0.1) is 5.92 Å². The Labute approximate surface area is 83.2 Å². The first-order valence-corrected chi connectivity index (χ1v) is 4.05. The molecule has 0 N–H and O–H groups in total. The van der Waals surface area contributed by atoms with E-state index in [-0.39, 0.29) is 21.2 Å². The lowest BCUT2D eigenvalue weighted by molar-refractivity contribution is 0.623. The molecule has 0 rings (SSSR count). The van der Waals surface area contributed by atoms with Gasteiger partial charge in [-0.2, -0.15) is 0 Å². The Morgan fingerprint density at radius 2 is 1.58 bits per heavy atom. The Bertz CT molecular complexity index is 83.1. The molecule has 4 radical (unpaired) electrons. The second-order valence-electron chi connectivity index (χ2n) is 3.53. The van der Waals surface area contributed by atoms with Gasteiger partial charge in [0.2, 0.25) is 0 Å². The maximum atomic E-state index is 5.50. The highest BCUT2D eigenvalue weighted by molar-refractivity contribution is 7.57. The molecular formula is C8H22B4. The molecule has 0 aromatic rings. The molecule has 0 atom stereocenters. The smallest absolute Gasteiger partial charge is 0.0869 e. The van der Waals surface area contributed by atoms with Gasteiger partial charge in [0.15, 0.2) is 0 Å². The van der Waals surface area contributed by atoms with Crippen molar-refractivity contribution in [2.45, 2.75) is 48.3 Å². The quantitative estimate of drug-likeness (QED) is 0.555. The lowest BCUT2D eigenvalue weighted by Crippen LogP contribution is -2.34. The van der Waals surface area contributed by atoms with E-state index in [0.29, 0.717) is 6.60 Å². The van der Waals surface area contributed by atoms with E-state index < -0.39 is 0 Å². The van der Waals surface area contributed by atoms with Crippen LogP contribution in [0.25, 0.3) is 0 Å². The van der Waals surface area contributed by atoms with Crippen LogP contribution in [0.3, 0.4) is 0 Å². The Hall–Kier alpha value is 0.260. The topological polar surface area (TPSA) is 0 Å². The second kappa shape index (κ2) is 9.35. The molecule has 0 aromatic carbocycles. The Morgan fingerprint density at radius 1 is 1.17 bits per heavy atom. The zero-order valence-corrected chi connectivity index (χ0v) is 7.30. The van der Waals surface area contributed by atoms with Gasteiger partial charge >= 0.3 is 0 Å². The van der Waals surface area contributed by atoms with Crippen LogP contribution in [0.5, 0.6) is 0 Å². The number of hydrogen-bond donors (Lipinski definition) is 0. The lowest BCUT2D eigenvalue weighted by atomic mass is 8.92. The van der Waals surface area contributed by atoms with Crippen LogP contribution in [0.1, 0.15) is 35.1 Å². The maximum Gasteiger partial charge on any atom is 0.0869 e. The van der Waals surface area contributed by atoms with Crippen LogP contribution in [0.15, 0.2) is 0 Å². The highest BCUT2D eigenvalue weighted by atomic mass is 13.9. The highest BCUT2D eigenvalue weighted by Gasteiger charge is 2.11. The lowest BCUT2D eigenvalue weighted by Gasteiger charge is -2.11. The van der Waals surface area contributed by atoms with E-state index in [2.05, 4.69) is 20.7 Å². The summed E-state index contributed by atoms with van der Waals surface area (Å²) in [5.41, 5.74) is 0. The van der Waals surface area contributed by atoms with Gasteiger partial charge in [-0.25, -0.2) is 0 Å². The first-order chi connectivity index (χ1) is 4.54. The molecule has 0 fully saturated rings. The third kappa shape index (κ3) is 10.3. The van der Waals surface area contributed by atoms with E-state index >= 15 is 0 Å². The molecule has 0 aliphatic heterocycles. The van der Waals surface area contributed by atoms with Crippen molar-refractivity contribution in [2.24, 2.45) is 5.92 Å². The van der Waals surface area contributed by atoms with Gasteiger partial charge in [0, 0.05) is 21.9 Å². The number of rotatable bonds is 4. The monoisotopic (exact) mass is 162 g/mol. The maximum absolute atomic E-state index is 5.50. The van der Waals surface area contributed by atoms with Gasteiger partial charge in [-0.3, -0.25) is 0 Å². The summed E-state index contributed by atoms with van der Waals surface area (Å²) >= 11 is 0. The fourth-order valence-electron chi connectivity index (χ4n) is 0.789. The van der Waals surface area contributed by atoms with Crippen LogP contribution in [-0.4, -0.2) is 28.5 Å². The summed E-state index contributed by atoms with van der Waals surface area (Å²) in [4.78, 5) is 0. The normalized spacial score (nSPS) is 8.33. The van der Waals surface area contributed by atoms with Gasteiger partial charge in [0.1, 0.15) is 0 Å². The molecule has 12 heavy (non-hydrogen) atoms. The minimum Gasteiger partial charge on any atom is -0.0934 e. The molecule has 0 saturated carbocycles. The minimum atomic E-state index is -0.140. The van der Waals surface area contributed by atoms with Gasteiger partial charge < -0.3 is 0 Å². The molecule has 0 aliphatic rings. The summed E-state index contributed by atoms with van der Waals surface area (Å²) in [6.07, 6.45) is 2.24. The summed E-state index contributed by atoms with van der Waals surface area (Å²) in [5.74, 6) is 0.765. The molecule has 0 aromatic heterocycles. The van der Waals surface area contributed by atoms with Crippen LogP contribution < -0.4 is 0 Å². The van der Waals surface area contributed by atoms with Gasteiger partial charge in [0.25, 0.3) is 0 Å². The van der Waals surface area contributed by atoms with E-state index in [0.717, 1.165) is 12.2 Å². The Kier molecular flexibility index (Phi) is 14.1. The summed E-state index contributed by atoms with van der Waals surface area (Å²) in [5, 5.41) is 0. The molecule has 0 saturated heterocycles. The molecule has 0 aliphatic carbocycles. The molecule has 0 amide bonds. The van der Waals surface area contributed by atoms with Gasteiger partial charge in [-0.15, -0.1) is 0 Å². The number of hydrogen-bond acceptors (Lipinski definition) is 0. The predicted molar refractivity (Wildman–Crippen MR) is 66.6 cm³/mol. The largest absolute Gasteiger partial charge is 0.0934 e. The molecule has 0 spiro atoms. The third-order valence-corrected chi connectivity index (χ3v) is 1.86. The summed E-state index contributed by atoms with van der Waals surface area (Å²) in [6.45, 7) is 7.00. The van der Waals surface area contributed by atoms with Crippen LogP contribution >= 0.6 is 0 Å². The first kappa shape index (κ1) is 18.1. The fraction of sp³-hybridized carbons (Fsp3) is 1.00. The third-order valence-electron chi connectivity index (χ3n) is 1.86. The average Bonchev–Trinajstić information content (AvgIpc) is 1.82. The van der Waals surface area contributed by atoms with Crippen LogP contribution in [0.4, 0.5) is 0 Å². The van der Waals surface area contributed by atoms with Crippen molar-refractivity contribution in [3.05, 3.63) is 0 Å². The van der Waals surface area contributed by atoms with Crippen LogP contribution in [0.2, 0.25) is 13.1 Å². The summed E-state index contributed by atoms with van der Waals surface area (Å²) < 4.78 is 0. The molecule has 4 heteroatoms. The second-order valence-corrected chi connectivity index (χ2v) is 3.53. The van der Waals surface area contributed by atoms with E-state index in [4.69, 9.17) is 15.5 Å². The average molecular weight is 162 g/mol. The van der Waals surface area contributed by atoms with Gasteiger partial charge in [-0.1, -0.05) is 48.3 Å². The highest BCUT2D eigenvalue weighted by Crippen LogP contribution is 2.07. The van der Waals surface area contributed by atoms with Crippen molar-refractivity contribution in [2.75, 3.05) is 0 Å².